The number of aromatic nitrogens is 2. The highest BCUT2D eigenvalue weighted by Crippen LogP contribution is 2.59. The number of amides is 1. The van der Waals surface area contributed by atoms with Gasteiger partial charge in [-0.05, 0) is 61.6 Å². The van der Waals surface area contributed by atoms with Crippen molar-refractivity contribution in [1.29, 1.82) is 0 Å². The Bertz CT molecular complexity index is 881. The summed E-state index contributed by atoms with van der Waals surface area (Å²) in [4.78, 5) is 23.5. The van der Waals surface area contributed by atoms with Crippen molar-refractivity contribution in [1.82, 2.24) is 14.9 Å². The molecule has 7 rings (SSSR count). The van der Waals surface area contributed by atoms with Gasteiger partial charge < -0.3 is 5.32 Å². The van der Waals surface area contributed by atoms with Crippen molar-refractivity contribution in [2.24, 2.45) is 17.8 Å². The van der Waals surface area contributed by atoms with Crippen LogP contribution >= 0.6 is 0 Å². The third-order valence-corrected chi connectivity index (χ3v) is 5.98. The molecule has 5 aliphatic rings. The lowest BCUT2D eigenvalue weighted by Crippen LogP contribution is -2.44. The van der Waals surface area contributed by atoms with E-state index in [1.165, 1.54) is 24.8 Å². The van der Waals surface area contributed by atoms with Gasteiger partial charge in [-0.2, -0.15) is 5.10 Å². The number of nitrogens with one attached hydrogen (secondary N) is 1. The number of rotatable bonds is 4. The van der Waals surface area contributed by atoms with Gasteiger partial charge in [0.15, 0.2) is 6.29 Å². The Hall–Kier alpha value is -2.43. The standard InChI is InChI=1S/C19H19N3O2/c23-10-15-8-17-16(2-1-3-22(17)21-15)19(24)20-9-14-6-11-4-12-7-13(5-11)18(12)14/h1-3,8,10-13H,4-7,9H2,(H,20,24). The van der Waals surface area contributed by atoms with Crippen molar-refractivity contribution in [3.05, 3.63) is 46.8 Å². The smallest absolute Gasteiger partial charge is 0.253 e. The van der Waals surface area contributed by atoms with Gasteiger partial charge in [-0.3, -0.25) is 9.59 Å². The Morgan fingerprint density at radius 2 is 2.17 bits per heavy atom. The topological polar surface area (TPSA) is 63.5 Å². The highest BCUT2D eigenvalue weighted by molar-refractivity contribution is 6.01. The van der Waals surface area contributed by atoms with Crippen LogP contribution < -0.4 is 5.32 Å². The van der Waals surface area contributed by atoms with E-state index in [0.29, 0.717) is 29.6 Å². The number of hydrogen-bond acceptors (Lipinski definition) is 3. The number of fused-ring (bicyclic) bond motifs is 2. The van der Waals surface area contributed by atoms with Gasteiger partial charge in [-0.15, -0.1) is 0 Å². The van der Waals surface area contributed by atoms with E-state index in [-0.39, 0.29) is 5.91 Å². The molecule has 0 radical (unpaired) electrons. The minimum Gasteiger partial charge on any atom is -0.348 e. The zero-order chi connectivity index (χ0) is 16.3. The first-order chi connectivity index (χ1) is 11.7. The maximum Gasteiger partial charge on any atom is 0.253 e. The Morgan fingerprint density at radius 1 is 1.33 bits per heavy atom. The molecule has 0 aliphatic heterocycles. The first-order valence-electron chi connectivity index (χ1n) is 8.66. The minimum absolute atomic E-state index is 0.0961. The summed E-state index contributed by atoms with van der Waals surface area (Å²) in [6.07, 6.45) is 7.71. The molecule has 5 nitrogen and oxygen atoms in total. The van der Waals surface area contributed by atoms with Crippen LogP contribution in [0.2, 0.25) is 0 Å². The number of allylic oxidation sites excluding steroid dienone is 1. The van der Waals surface area contributed by atoms with Gasteiger partial charge in [0.25, 0.3) is 5.91 Å². The lowest BCUT2D eigenvalue weighted by atomic mass is 9.51. The lowest BCUT2D eigenvalue weighted by Gasteiger charge is -2.54. The van der Waals surface area contributed by atoms with Gasteiger partial charge in [-0.25, -0.2) is 4.52 Å². The second-order valence-corrected chi connectivity index (χ2v) is 7.35. The van der Waals surface area contributed by atoms with E-state index in [1.807, 2.05) is 0 Å². The highest BCUT2D eigenvalue weighted by atomic mass is 16.1. The number of carbonyl (C=O) groups excluding carboxylic acids is 2. The second kappa shape index (κ2) is 5.03. The average Bonchev–Trinajstić information content (AvgIpc) is 3.02. The van der Waals surface area contributed by atoms with E-state index in [0.717, 1.165) is 24.2 Å². The molecule has 2 aromatic heterocycles. The summed E-state index contributed by atoms with van der Waals surface area (Å²) < 4.78 is 1.58. The van der Waals surface area contributed by atoms with E-state index in [1.54, 1.807) is 34.5 Å². The molecule has 3 saturated carbocycles. The molecule has 24 heavy (non-hydrogen) atoms. The van der Waals surface area contributed by atoms with E-state index >= 15 is 0 Å². The van der Waals surface area contributed by atoms with E-state index in [9.17, 15) is 9.59 Å². The molecular formula is C19H19N3O2. The first kappa shape index (κ1) is 14.0. The molecule has 0 spiro atoms. The molecule has 4 bridgehead atoms. The van der Waals surface area contributed by atoms with E-state index in [2.05, 4.69) is 10.4 Å². The largest absolute Gasteiger partial charge is 0.348 e. The van der Waals surface area contributed by atoms with Crippen LogP contribution in [0, 0.1) is 17.8 Å². The first-order valence-corrected chi connectivity index (χ1v) is 8.66. The van der Waals surface area contributed by atoms with Crippen LogP contribution in [-0.4, -0.2) is 28.4 Å². The fraction of sp³-hybridized carbons (Fsp3) is 0.421. The predicted octanol–water partition coefficient (Wildman–Crippen LogP) is 2.62. The van der Waals surface area contributed by atoms with Crippen LogP contribution in [0.5, 0.6) is 0 Å². The minimum atomic E-state index is -0.0961. The van der Waals surface area contributed by atoms with Crippen molar-refractivity contribution < 1.29 is 9.59 Å². The lowest BCUT2D eigenvalue weighted by molar-refractivity contribution is 0.0947. The fourth-order valence-electron chi connectivity index (χ4n) is 5.07. The molecule has 2 heterocycles. The summed E-state index contributed by atoms with van der Waals surface area (Å²) in [7, 11) is 0. The van der Waals surface area contributed by atoms with Crippen LogP contribution in [0.4, 0.5) is 0 Å². The van der Waals surface area contributed by atoms with Crippen LogP contribution in [0.25, 0.3) is 5.52 Å². The summed E-state index contributed by atoms with van der Waals surface area (Å²) in [6, 6.07) is 5.22. The monoisotopic (exact) mass is 321 g/mol. The Labute approximate surface area is 139 Å². The van der Waals surface area contributed by atoms with Crippen molar-refractivity contribution >= 4 is 17.7 Å². The van der Waals surface area contributed by atoms with Crippen LogP contribution in [0.1, 0.15) is 46.5 Å². The maximum atomic E-state index is 12.6. The van der Waals surface area contributed by atoms with Crippen molar-refractivity contribution in [2.45, 2.75) is 25.7 Å². The summed E-state index contributed by atoms with van der Waals surface area (Å²) in [5, 5.41) is 7.22. The summed E-state index contributed by atoms with van der Waals surface area (Å²) >= 11 is 0. The predicted molar refractivity (Wildman–Crippen MR) is 88.9 cm³/mol. The van der Waals surface area contributed by atoms with Crippen LogP contribution in [-0.2, 0) is 0 Å². The number of carbonyl (C=O) groups is 2. The Morgan fingerprint density at radius 3 is 2.92 bits per heavy atom. The molecule has 5 heteroatoms. The molecule has 0 aromatic carbocycles. The second-order valence-electron chi connectivity index (χ2n) is 7.35. The SMILES string of the molecule is O=Cc1cc2c(C(=O)NCC3=C4C5CC(C3)CC4C5)cccn2n1. The quantitative estimate of drug-likeness (QED) is 0.695. The molecule has 5 aliphatic carbocycles. The number of nitrogens with zero attached hydrogens (tertiary/aromatic N) is 2. The molecule has 3 fully saturated rings. The zero-order valence-electron chi connectivity index (χ0n) is 13.4. The van der Waals surface area contributed by atoms with Crippen molar-refractivity contribution in [3.8, 4) is 0 Å². The van der Waals surface area contributed by atoms with Gasteiger partial charge in [0.2, 0.25) is 0 Å². The molecule has 1 N–H and O–H groups in total. The van der Waals surface area contributed by atoms with Crippen molar-refractivity contribution in [3.63, 3.8) is 0 Å². The molecule has 2 unspecified atom stereocenters. The van der Waals surface area contributed by atoms with Gasteiger partial charge in [0.05, 0.1) is 11.1 Å². The molecular weight excluding hydrogens is 302 g/mol. The van der Waals surface area contributed by atoms with Gasteiger partial charge >= 0.3 is 0 Å². The summed E-state index contributed by atoms with van der Waals surface area (Å²) in [6.45, 7) is 0.660. The molecule has 122 valence electrons. The fourth-order valence-corrected chi connectivity index (χ4v) is 5.07. The van der Waals surface area contributed by atoms with Crippen LogP contribution in [0.3, 0.4) is 0 Å². The molecule has 2 atom stereocenters. The van der Waals surface area contributed by atoms with Gasteiger partial charge in [-0.1, -0.05) is 11.1 Å². The molecule has 0 saturated heterocycles. The Balaban J connectivity index is 1.38. The number of hydrogen-bond donors (Lipinski definition) is 1. The third-order valence-electron chi connectivity index (χ3n) is 5.98. The zero-order valence-corrected chi connectivity index (χ0v) is 13.4. The van der Waals surface area contributed by atoms with Crippen LogP contribution in [0.15, 0.2) is 35.5 Å². The Kier molecular flexibility index (Phi) is 2.93. The highest BCUT2D eigenvalue weighted by Gasteiger charge is 2.47. The summed E-state index contributed by atoms with van der Waals surface area (Å²) in [5.74, 6) is 2.36. The van der Waals surface area contributed by atoms with Gasteiger partial charge in [0, 0.05) is 12.7 Å². The molecule has 2 aromatic rings. The van der Waals surface area contributed by atoms with E-state index in [4.69, 9.17) is 0 Å². The van der Waals surface area contributed by atoms with Crippen molar-refractivity contribution in [2.75, 3.05) is 6.54 Å². The maximum absolute atomic E-state index is 12.6. The third kappa shape index (κ3) is 1.97. The number of pyridine rings is 1. The number of aldehydes is 1. The average molecular weight is 321 g/mol. The normalized spacial score (nSPS) is 27.2. The van der Waals surface area contributed by atoms with E-state index < -0.39 is 0 Å². The summed E-state index contributed by atoms with van der Waals surface area (Å²) in [5.41, 5.74) is 4.70. The van der Waals surface area contributed by atoms with Gasteiger partial charge in [0.1, 0.15) is 5.69 Å². The molecule has 1 amide bonds.